The molecule has 0 spiro atoms. The smallest absolute Gasteiger partial charge is 0.0208 e. The fourth-order valence-electron chi connectivity index (χ4n) is 2.94. The lowest BCUT2D eigenvalue weighted by Crippen LogP contribution is -2.35. The molecule has 2 nitrogen and oxygen atoms in total. The van der Waals surface area contributed by atoms with E-state index in [1.165, 1.54) is 31.5 Å². The molecule has 1 aromatic rings. The molecule has 3 rings (SSSR count). The summed E-state index contributed by atoms with van der Waals surface area (Å²) in [6, 6.07) is 8.90. The fraction of sp³-hybridized carbons (Fsp3) is 0.600. The van der Waals surface area contributed by atoms with Crippen LogP contribution >= 0.6 is 0 Å². The van der Waals surface area contributed by atoms with Crippen molar-refractivity contribution in [3.8, 4) is 0 Å². The van der Waals surface area contributed by atoms with E-state index >= 15 is 0 Å². The van der Waals surface area contributed by atoms with Crippen molar-refractivity contribution in [2.75, 3.05) is 26.7 Å². The first kappa shape index (κ1) is 11.2. The maximum Gasteiger partial charge on any atom is 0.0208 e. The topological polar surface area (TPSA) is 15.3 Å². The molecule has 1 aliphatic heterocycles. The minimum absolute atomic E-state index is 0.670. The van der Waals surface area contributed by atoms with Gasteiger partial charge in [0.1, 0.15) is 0 Å². The second kappa shape index (κ2) is 4.79. The van der Waals surface area contributed by atoms with Gasteiger partial charge in [0.25, 0.3) is 0 Å². The normalized spacial score (nSPS) is 23.8. The molecule has 1 aromatic carbocycles. The van der Waals surface area contributed by atoms with E-state index in [4.69, 9.17) is 0 Å². The molecule has 1 saturated carbocycles. The zero-order valence-electron chi connectivity index (χ0n) is 10.7. The first-order valence-corrected chi connectivity index (χ1v) is 6.80. The average Bonchev–Trinajstić information content (AvgIpc) is 3.13. The van der Waals surface area contributed by atoms with Crippen LogP contribution in [0, 0.1) is 5.92 Å². The molecule has 0 aromatic heterocycles. The number of nitrogens with zero attached hydrogens (tertiary/aromatic N) is 1. The van der Waals surface area contributed by atoms with Gasteiger partial charge in [-0.15, -0.1) is 0 Å². The Hall–Kier alpha value is -0.860. The summed E-state index contributed by atoms with van der Waals surface area (Å²) in [6.07, 6.45) is 2.90. The molecule has 1 fully saturated rings. The van der Waals surface area contributed by atoms with Crippen LogP contribution in [0.25, 0.3) is 0 Å². The summed E-state index contributed by atoms with van der Waals surface area (Å²) in [4.78, 5) is 2.52. The van der Waals surface area contributed by atoms with Crippen molar-refractivity contribution >= 4 is 0 Å². The molecular weight excluding hydrogens is 208 g/mol. The van der Waals surface area contributed by atoms with Gasteiger partial charge >= 0.3 is 0 Å². The van der Waals surface area contributed by atoms with Crippen LogP contribution < -0.4 is 5.32 Å². The lowest BCUT2D eigenvalue weighted by Gasteiger charge is -2.30. The molecule has 0 bridgehead atoms. The molecule has 0 radical (unpaired) electrons. The molecule has 1 heterocycles. The first-order valence-electron chi connectivity index (χ1n) is 6.80. The Bertz CT molecular complexity index is 384. The third kappa shape index (κ3) is 2.70. The minimum Gasteiger partial charge on any atom is -0.312 e. The highest BCUT2D eigenvalue weighted by Crippen LogP contribution is 2.30. The molecule has 1 N–H and O–H groups in total. The van der Waals surface area contributed by atoms with Gasteiger partial charge in [-0.25, -0.2) is 0 Å². The summed E-state index contributed by atoms with van der Waals surface area (Å²) in [7, 11) is 2.27. The second-order valence-electron chi connectivity index (χ2n) is 5.69. The summed E-state index contributed by atoms with van der Waals surface area (Å²) >= 11 is 0. The Morgan fingerprint density at radius 2 is 2.06 bits per heavy atom. The predicted octanol–water partition coefficient (Wildman–Crippen LogP) is 2.22. The van der Waals surface area contributed by atoms with E-state index in [9.17, 15) is 0 Å². The minimum atomic E-state index is 0.670. The summed E-state index contributed by atoms with van der Waals surface area (Å²) < 4.78 is 0. The number of fused-ring (bicyclic) bond motifs is 1. The van der Waals surface area contributed by atoms with Crippen LogP contribution in [0.2, 0.25) is 0 Å². The number of hydrogen-bond donors (Lipinski definition) is 1. The van der Waals surface area contributed by atoms with Crippen molar-refractivity contribution in [2.24, 2.45) is 5.92 Å². The van der Waals surface area contributed by atoms with E-state index in [-0.39, 0.29) is 0 Å². The van der Waals surface area contributed by atoms with Crippen molar-refractivity contribution in [3.05, 3.63) is 35.4 Å². The summed E-state index contributed by atoms with van der Waals surface area (Å²) in [6.45, 7) is 4.66. The Morgan fingerprint density at radius 1 is 1.24 bits per heavy atom. The monoisotopic (exact) mass is 230 g/mol. The van der Waals surface area contributed by atoms with Gasteiger partial charge in [-0.05, 0) is 36.9 Å². The van der Waals surface area contributed by atoms with Gasteiger partial charge in [0.15, 0.2) is 0 Å². The van der Waals surface area contributed by atoms with E-state index in [2.05, 4.69) is 41.5 Å². The average molecular weight is 230 g/mol. The Morgan fingerprint density at radius 3 is 2.88 bits per heavy atom. The van der Waals surface area contributed by atoms with Crippen molar-refractivity contribution in [1.29, 1.82) is 0 Å². The van der Waals surface area contributed by atoms with Gasteiger partial charge in [-0.3, -0.25) is 0 Å². The number of benzene rings is 1. The molecule has 92 valence electrons. The summed E-state index contributed by atoms with van der Waals surface area (Å²) in [5, 5.41) is 3.54. The van der Waals surface area contributed by atoms with Crippen LogP contribution in [0.5, 0.6) is 0 Å². The van der Waals surface area contributed by atoms with Crippen LogP contribution in [0.15, 0.2) is 24.3 Å². The first-order chi connectivity index (χ1) is 8.33. The summed E-state index contributed by atoms with van der Waals surface area (Å²) in [5.74, 6) is 1.66. The highest BCUT2D eigenvalue weighted by molar-refractivity contribution is 5.32. The van der Waals surface area contributed by atoms with Crippen LogP contribution in [-0.2, 0) is 6.54 Å². The summed E-state index contributed by atoms with van der Waals surface area (Å²) in [5.41, 5.74) is 3.05. The SMILES string of the molecule is CN(CC1CC1)CC1CNCc2ccccc21. The third-order valence-corrected chi connectivity index (χ3v) is 4.00. The van der Waals surface area contributed by atoms with Crippen LogP contribution in [0.3, 0.4) is 0 Å². The standard InChI is InChI=1S/C15H22N2/c1-17(10-12-6-7-12)11-14-9-16-8-13-4-2-3-5-15(13)14/h2-5,12,14,16H,6-11H2,1H3. The molecule has 1 unspecified atom stereocenters. The van der Waals surface area contributed by atoms with Crippen LogP contribution in [0.4, 0.5) is 0 Å². The maximum atomic E-state index is 3.54. The van der Waals surface area contributed by atoms with Crippen molar-refractivity contribution < 1.29 is 0 Å². The highest BCUT2D eigenvalue weighted by atomic mass is 15.1. The Kier molecular flexibility index (Phi) is 3.17. The fourth-order valence-corrected chi connectivity index (χ4v) is 2.94. The molecular formula is C15H22N2. The lowest BCUT2D eigenvalue weighted by molar-refractivity contribution is 0.290. The number of hydrogen-bond acceptors (Lipinski definition) is 2. The molecule has 17 heavy (non-hydrogen) atoms. The van der Waals surface area contributed by atoms with Gasteiger partial charge < -0.3 is 10.2 Å². The van der Waals surface area contributed by atoms with E-state index in [0.717, 1.165) is 19.0 Å². The number of nitrogens with one attached hydrogen (secondary N) is 1. The Balaban J connectivity index is 1.67. The number of rotatable bonds is 4. The molecule has 1 atom stereocenters. The van der Waals surface area contributed by atoms with Crippen molar-refractivity contribution in [1.82, 2.24) is 10.2 Å². The lowest BCUT2D eigenvalue weighted by atomic mass is 9.90. The van der Waals surface area contributed by atoms with Crippen molar-refractivity contribution in [2.45, 2.75) is 25.3 Å². The van der Waals surface area contributed by atoms with Crippen LogP contribution in [0.1, 0.15) is 29.9 Å². The molecule has 2 heteroatoms. The van der Waals surface area contributed by atoms with E-state index in [1.807, 2.05) is 0 Å². The zero-order valence-corrected chi connectivity index (χ0v) is 10.7. The predicted molar refractivity (Wildman–Crippen MR) is 71.1 cm³/mol. The molecule has 2 aliphatic rings. The van der Waals surface area contributed by atoms with Crippen molar-refractivity contribution in [3.63, 3.8) is 0 Å². The van der Waals surface area contributed by atoms with E-state index in [1.54, 1.807) is 5.56 Å². The van der Waals surface area contributed by atoms with Gasteiger partial charge in [0.05, 0.1) is 0 Å². The van der Waals surface area contributed by atoms with Gasteiger partial charge in [-0.2, -0.15) is 0 Å². The molecule has 0 amide bonds. The van der Waals surface area contributed by atoms with Gasteiger partial charge in [-0.1, -0.05) is 24.3 Å². The quantitative estimate of drug-likeness (QED) is 0.853. The number of likely N-dealkylation sites (N-methyl/N-ethyl adjacent to an activating group) is 1. The zero-order chi connectivity index (χ0) is 11.7. The second-order valence-corrected chi connectivity index (χ2v) is 5.69. The maximum absolute atomic E-state index is 3.54. The molecule has 0 saturated heterocycles. The van der Waals surface area contributed by atoms with Gasteiger partial charge in [0, 0.05) is 32.1 Å². The Labute approximate surface area is 104 Å². The third-order valence-electron chi connectivity index (χ3n) is 4.00. The van der Waals surface area contributed by atoms with Gasteiger partial charge in [0.2, 0.25) is 0 Å². The largest absolute Gasteiger partial charge is 0.312 e. The highest BCUT2D eigenvalue weighted by Gasteiger charge is 2.25. The van der Waals surface area contributed by atoms with Crippen LogP contribution in [-0.4, -0.2) is 31.6 Å². The van der Waals surface area contributed by atoms with E-state index < -0.39 is 0 Å². The van der Waals surface area contributed by atoms with E-state index in [0.29, 0.717) is 5.92 Å². The molecule has 1 aliphatic carbocycles.